The molecule has 1 amide bonds. The van der Waals surface area contributed by atoms with Gasteiger partial charge in [-0.25, -0.2) is 4.39 Å². The fourth-order valence-electron chi connectivity index (χ4n) is 4.36. The van der Waals surface area contributed by atoms with Gasteiger partial charge in [0.2, 0.25) is 0 Å². The van der Waals surface area contributed by atoms with E-state index < -0.39 is 6.17 Å². The van der Waals surface area contributed by atoms with Crippen LogP contribution in [0.1, 0.15) is 47.2 Å². The number of hydrogen-bond acceptors (Lipinski definition) is 2. The van der Waals surface area contributed by atoms with Crippen molar-refractivity contribution in [1.29, 1.82) is 0 Å². The normalized spacial score (nSPS) is 18.6. The summed E-state index contributed by atoms with van der Waals surface area (Å²) in [5.74, 6) is 0.0115. The number of piperidine rings is 1. The van der Waals surface area contributed by atoms with Crippen molar-refractivity contribution in [3.8, 4) is 11.1 Å². The Morgan fingerprint density at radius 1 is 0.964 bits per heavy atom. The van der Waals surface area contributed by atoms with Crippen LogP contribution in [0, 0.1) is 6.92 Å². The molecule has 2 aliphatic rings. The van der Waals surface area contributed by atoms with Gasteiger partial charge in [-0.05, 0) is 80.6 Å². The molecule has 0 saturated carbocycles. The fourth-order valence-corrected chi connectivity index (χ4v) is 4.36. The van der Waals surface area contributed by atoms with Crippen LogP contribution in [0.5, 0.6) is 0 Å². The van der Waals surface area contributed by atoms with Gasteiger partial charge in [0.05, 0.1) is 0 Å². The number of benzene rings is 2. The minimum atomic E-state index is -0.762. The van der Waals surface area contributed by atoms with Gasteiger partial charge in [-0.1, -0.05) is 29.8 Å². The van der Waals surface area contributed by atoms with Crippen LogP contribution in [0.2, 0.25) is 0 Å². The number of rotatable bonds is 4. The molecule has 4 rings (SSSR count). The number of amides is 1. The van der Waals surface area contributed by atoms with E-state index in [9.17, 15) is 9.18 Å². The molecule has 2 aliphatic heterocycles. The third kappa shape index (κ3) is 4.44. The van der Waals surface area contributed by atoms with Gasteiger partial charge < -0.3 is 4.90 Å². The highest BCUT2D eigenvalue weighted by molar-refractivity contribution is 5.94. The molecule has 4 heteroatoms. The fraction of sp³-hybridized carbons (Fsp3) is 0.458. The van der Waals surface area contributed by atoms with Crippen molar-refractivity contribution < 1.29 is 9.18 Å². The zero-order chi connectivity index (χ0) is 19.5. The van der Waals surface area contributed by atoms with E-state index in [0.29, 0.717) is 31.5 Å². The second kappa shape index (κ2) is 8.44. The summed E-state index contributed by atoms with van der Waals surface area (Å²) in [6.45, 7) is 6.57. The van der Waals surface area contributed by atoms with E-state index in [1.54, 1.807) is 4.90 Å². The average molecular weight is 381 g/mol. The molecule has 0 bridgehead atoms. The molecule has 0 aromatic heterocycles. The van der Waals surface area contributed by atoms with Gasteiger partial charge in [-0.15, -0.1) is 0 Å². The van der Waals surface area contributed by atoms with Gasteiger partial charge >= 0.3 is 0 Å². The molecule has 28 heavy (non-hydrogen) atoms. The molecule has 2 aromatic carbocycles. The van der Waals surface area contributed by atoms with Crippen LogP contribution < -0.4 is 0 Å². The predicted molar refractivity (Wildman–Crippen MR) is 111 cm³/mol. The summed E-state index contributed by atoms with van der Waals surface area (Å²) >= 11 is 0. The molecular weight excluding hydrogens is 351 g/mol. The summed E-state index contributed by atoms with van der Waals surface area (Å²) in [7, 11) is 0. The van der Waals surface area contributed by atoms with Gasteiger partial charge in [0.25, 0.3) is 5.91 Å². The Morgan fingerprint density at radius 3 is 2.32 bits per heavy atom. The number of carbonyl (C=O) groups excluding carboxylic acids is 1. The van der Waals surface area contributed by atoms with Gasteiger partial charge in [-0.3, -0.25) is 9.69 Å². The minimum absolute atomic E-state index is 0.0115. The first-order chi connectivity index (χ1) is 13.6. The maximum atomic E-state index is 13.3. The third-order valence-electron chi connectivity index (χ3n) is 5.92. The van der Waals surface area contributed by atoms with Gasteiger partial charge in [0, 0.05) is 25.2 Å². The molecule has 0 N–H and O–H groups in total. The summed E-state index contributed by atoms with van der Waals surface area (Å²) in [6.07, 6.45) is 2.75. The SMILES string of the molecule is Cc1cc(CN2CCCC2)cc(-c2ccc(C(=O)N3CCC(F)CC3)cc2)c1. The van der Waals surface area contributed by atoms with Gasteiger partial charge in [0.1, 0.15) is 6.17 Å². The summed E-state index contributed by atoms with van der Waals surface area (Å²) in [6, 6.07) is 14.6. The van der Waals surface area contributed by atoms with E-state index in [-0.39, 0.29) is 5.91 Å². The Kier molecular flexibility index (Phi) is 5.77. The van der Waals surface area contributed by atoms with Crippen LogP contribution in [-0.2, 0) is 6.54 Å². The minimum Gasteiger partial charge on any atom is -0.338 e. The molecule has 0 radical (unpaired) electrons. The lowest BCUT2D eigenvalue weighted by atomic mass is 9.98. The molecular formula is C24H29FN2O. The van der Waals surface area contributed by atoms with Crippen LogP contribution in [0.3, 0.4) is 0 Å². The van der Waals surface area contributed by atoms with Crippen LogP contribution in [-0.4, -0.2) is 48.1 Å². The molecule has 2 saturated heterocycles. The number of aryl methyl sites for hydroxylation is 1. The Morgan fingerprint density at radius 2 is 1.64 bits per heavy atom. The van der Waals surface area contributed by atoms with Gasteiger partial charge in [0.15, 0.2) is 0 Å². The molecule has 3 nitrogen and oxygen atoms in total. The highest BCUT2D eigenvalue weighted by Gasteiger charge is 2.23. The van der Waals surface area contributed by atoms with Crippen LogP contribution in [0.25, 0.3) is 11.1 Å². The number of halogens is 1. The van der Waals surface area contributed by atoms with Crippen LogP contribution in [0.4, 0.5) is 4.39 Å². The van der Waals surface area contributed by atoms with E-state index in [1.165, 1.54) is 42.6 Å². The summed E-state index contributed by atoms with van der Waals surface area (Å²) < 4.78 is 13.3. The molecule has 2 heterocycles. The lowest BCUT2D eigenvalue weighted by molar-refractivity contribution is 0.0667. The van der Waals surface area contributed by atoms with E-state index in [4.69, 9.17) is 0 Å². The summed E-state index contributed by atoms with van der Waals surface area (Å²) in [5, 5.41) is 0. The van der Waals surface area contributed by atoms with Crippen LogP contribution >= 0.6 is 0 Å². The standard InChI is InChI=1S/C24H29FN2O/c1-18-14-19(17-26-10-2-3-11-26)16-22(15-18)20-4-6-21(7-5-20)24(28)27-12-8-23(25)9-13-27/h4-7,14-16,23H,2-3,8-13,17H2,1H3. The number of nitrogens with zero attached hydrogens (tertiary/aromatic N) is 2. The lowest BCUT2D eigenvalue weighted by Crippen LogP contribution is -2.39. The third-order valence-corrected chi connectivity index (χ3v) is 5.92. The van der Waals surface area contributed by atoms with Crippen molar-refractivity contribution in [1.82, 2.24) is 9.80 Å². The summed E-state index contributed by atoms with van der Waals surface area (Å²) in [5.41, 5.74) is 5.63. The quantitative estimate of drug-likeness (QED) is 0.758. The van der Waals surface area contributed by atoms with Crippen LogP contribution in [0.15, 0.2) is 42.5 Å². The molecule has 0 atom stereocenters. The second-order valence-electron chi connectivity index (χ2n) is 8.23. The van der Waals surface area contributed by atoms with Crippen molar-refractivity contribution in [3.63, 3.8) is 0 Å². The number of likely N-dealkylation sites (tertiary alicyclic amines) is 2. The first kappa shape index (κ1) is 19.1. The zero-order valence-electron chi connectivity index (χ0n) is 16.7. The largest absolute Gasteiger partial charge is 0.338 e. The van der Waals surface area contributed by atoms with Crippen molar-refractivity contribution in [2.75, 3.05) is 26.2 Å². The first-order valence-electron chi connectivity index (χ1n) is 10.5. The highest BCUT2D eigenvalue weighted by atomic mass is 19.1. The van der Waals surface area contributed by atoms with E-state index in [2.05, 4.69) is 30.0 Å². The molecule has 0 spiro atoms. The molecule has 148 valence electrons. The highest BCUT2D eigenvalue weighted by Crippen LogP contribution is 2.25. The second-order valence-corrected chi connectivity index (χ2v) is 8.23. The molecule has 0 unspecified atom stereocenters. The first-order valence-corrected chi connectivity index (χ1v) is 10.5. The maximum Gasteiger partial charge on any atom is 0.253 e. The Balaban J connectivity index is 1.48. The molecule has 2 fully saturated rings. The van der Waals surface area contributed by atoms with E-state index in [1.807, 2.05) is 24.3 Å². The maximum absolute atomic E-state index is 13.3. The monoisotopic (exact) mass is 380 g/mol. The Labute approximate surface area is 167 Å². The number of alkyl halides is 1. The number of carbonyl (C=O) groups is 1. The van der Waals surface area contributed by atoms with E-state index in [0.717, 1.165) is 12.1 Å². The Hall–Kier alpha value is -2.20. The Bertz CT molecular complexity index is 819. The van der Waals surface area contributed by atoms with Crippen molar-refractivity contribution in [2.24, 2.45) is 0 Å². The van der Waals surface area contributed by atoms with Crippen molar-refractivity contribution in [2.45, 2.75) is 45.3 Å². The van der Waals surface area contributed by atoms with Crippen molar-refractivity contribution >= 4 is 5.91 Å². The van der Waals surface area contributed by atoms with Gasteiger partial charge in [-0.2, -0.15) is 0 Å². The lowest BCUT2D eigenvalue weighted by Gasteiger charge is -2.28. The smallest absolute Gasteiger partial charge is 0.253 e. The molecule has 2 aromatic rings. The topological polar surface area (TPSA) is 23.6 Å². The summed E-state index contributed by atoms with van der Waals surface area (Å²) in [4.78, 5) is 16.9. The number of hydrogen-bond donors (Lipinski definition) is 0. The zero-order valence-corrected chi connectivity index (χ0v) is 16.7. The average Bonchev–Trinajstić information content (AvgIpc) is 3.21. The molecule has 0 aliphatic carbocycles. The van der Waals surface area contributed by atoms with E-state index >= 15 is 0 Å². The predicted octanol–water partition coefficient (Wildman–Crippen LogP) is 4.83. The van der Waals surface area contributed by atoms with Crippen molar-refractivity contribution in [3.05, 3.63) is 59.2 Å².